The molecule has 0 spiro atoms. The van der Waals surface area contributed by atoms with E-state index < -0.39 is 0 Å². The van der Waals surface area contributed by atoms with Crippen molar-refractivity contribution in [1.29, 1.82) is 0 Å². The first-order valence-corrected chi connectivity index (χ1v) is 6.99. The molecule has 1 saturated carbocycles. The van der Waals surface area contributed by atoms with Crippen LogP contribution in [0.2, 0.25) is 0 Å². The van der Waals surface area contributed by atoms with Crippen LogP contribution in [0.5, 0.6) is 0 Å². The number of H-pyrrole nitrogens is 1. The second-order valence-electron chi connectivity index (χ2n) is 5.44. The summed E-state index contributed by atoms with van der Waals surface area (Å²) < 4.78 is 1.95. The number of carbonyl (C=O) groups is 1. The Morgan fingerprint density at radius 1 is 1.40 bits per heavy atom. The zero-order chi connectivity index (χ0) is 13.7. The van der Waals surface area contributed by atoms with Crippen molar-refractivity contribution in [3.05, 3.63) is 29.9 Å². The molecule has 1 fully saturated rings. The molecule has 0 bridgehead atoms. The Morgan fingerprint density at radius 3 is 2.95 bits per heavy atom. The van der Waals surface area contributed by atoms with E-state index in [1.807, 2.05) is 11.6 Å². The molecule has 2 aliphatic rings. The van der Waals surface area contributed by atoms with Crippen LogP contribution in [0.1, 0.15) is 54.0 Å². The second kappa shape index (κ2) is 4.16. The summed E-state index contributed by atoms with van der Waals surface area (Å²) in [5.74, 6) is 2.67. The van der Waals surface area contributed by atoms with E-state index in [0.29, 0.717) is 24.8 Å². The van der Waals surface area contributed by atoms with Crippen molar-refractivity contribution >= 4 is 5.91 Å². The van der Waals surface area contributed by atoms with Crippen molar-refractivity contribution in [2.45, 2.75) is 38.3 Å². The maximum atomic E-state index is 12.4. The fourth-order valence-corrected chi connectivity index (χ4v) is 2.69. The molecule has 1 N–H and O–H groups in total. The number of hydrogen-bond acceptors (Lipinski definition) is 4. The van der Waals surface area contributed by atoms with Gasteiger partial charge >= 0.3 is 0 Å². The number of imidazole rings is 1. The number of aromatic nitrogens is 5. The molecule has 0 aromatic carbocycles. The van der Waals surface area contributed by atoms with E-state index in [1.54, 1.807) is 17.3 Å². The molecule has 1 aliphatic heterocycles. The van der Waals surface area contributed by atoms with E-state index in [1.165, 1.54) is 12.8 Å². The van der Waals surface area contributed by atoms with Gasteiger partial charge in [0.15, 0.2) is 11.6 Å². The molecule has 0 unspecified atom stereocenters. The summed E-state index contributed by atoms with van der Waals surface area (Å²) in [7, 11) is 0. The van der Waals surface area contributed by atoms with E-state index >= 15 is 0 Å². The van der Waals surface area contributed by atoms with Gasteiger partial charge in [-0.25, -0.2) is 14.6 Å². The molecule has 4 rings (SSSR count). The molecule has 7 heteroatoms. The van der Waals surface area contributed by atoms with E-state index in [4.69, 9.17) is 0 Å². The molecule has 0 saturated heterocycles. The lowest BCUT2D eigenvalue weighted by Gasteiger charge is -2.32. The minimum atomic E-state index is -0.0790. The van der Waals surface area contributed by atoms with Gasteiger partial charge in [0.1, 0.15) is 5.82 Å². The van der Waals surface area contributed by atoms with Crippen molar-refractivity contribution in [3.63, 3.8) is 0 Å². The third-order valence-corrected chi connectivity index (χ3v) is 4.01. The highest BCUT2D eigenvalue weighted by atomic mass is 16.2. The first kappa shape index (κ1) is 11.6. The first-order valence-electron chi connectivity index (χ1n) is 6.99. The Balaban J connectivity index is 1.63. The monoisotopic (exact) mass is 272 g/mol. The Labute approximate surface area is 116 Å². The SMILES string of the molecule is C[C@@H]1c2nc(C3CC3)nn2CCN1C(=O)c1ncc[nH]1. The highest BCUT2D eigenvalue weighted by Gasteiger charge is 2.35. The van der Waals surface area contributed by atoms with Crippen molar-refractivity contribution in [3.8, 4) is 0 Å². The highest BCUT2D eigenvalue weighted by Crippen LogP contribution is 2.39. The fraction of sp³-hybridized carbons (Fsp3) is 0.538. The maximum absolute atomic E-state index is 12.4. The van der Waals surface area contributed by atoms with Crippen molar-refractivity contribution in [2.24, 2.45) is 0 Å². The maximum Gasteiger partial charge on any atom is 0.290 e. The summed E-state index contributed by atoms with van der Waals surface area (Å²) in [5, 5.41) is 4.56. The molecule has 2 aromatic heterocycles. The van der Waals surface area contributed by atoms with Crippen molar-refractivity contribution in [1.82, 2.24) is 29.6 Å². The Morgan fingerprint density at radius 2 is 2.25 bits per heavy atom. The standard InChI is InChI=1S/C13H16N6O/c1-8-12-16-10(9-2-3-9)17-19(12)7-6-18(8)13(20)11-14-4-5-15-11/h4-5,8-9H,2-3,6-7H2,1H3,(H,14,15)/t8-/m1/s1. The number of aromatic amines is 1. The van der Waals surface area contributed by atoms with Crippen LogP contribution >= 0.6 is 0 Å². The van der Waals surface area contributed by atoms with Crippen molar-refractivity contribution < 1.29 is 4.79 Å². The molecule has 2 aromatic rings. The number of rotatable bonds is 2. The zero-order valence-electron chi connectivity index (χ0n) is 11.3. The van der Waals surface area contributed by atoms with Crippen LogP contribution in [0.25, 0.3) is 0 Å². The van der Waals surface area contributed by atoms with Crippen LogP contribution in [-0.4, -0.2) is 42.1 Å². The lowest BCUT2D eigenvalue weighted by Crippen LogP contribution is -2.41. The Hall–Kier alpha value is -2.18. The third kappa shape index (κ3) is 1.73. The lowest BCUT2D eigenvalue weighted by atomic mass is 10.2. The molecule has 1 aliphatic carbocycles. The topological polar surface area (TPSA) is 79.7 Å². The molecule has 20 heavy (non-hydrogen) atoms. The number of nitrogens with zero attached hydrogens (tertiary/aromatic N) is 5. The van der Waals surface area contributed by atoms with Gasteiger partial charge in [0.25, 0.3) is 5.91 Å². The predicted molar refractivity (Wildman–Crippen MR) is 70.0 cm³/mol. The average Bonchev–Trinajstić information content (AvgIpc) is 3.00. The quantitative estimate of drug-likeness (QED) is 0.887. The molecule has 1 amide bonds. The molecular weight excluding hydrogens is 256 g/mol. The number of nitrogens with one attached hydrogen (secondary N) is 1. The Kier molecular flexibility index (Phi) is 2.42. The van der Waals surface area contributed by atoms with Crippen LogP contribution in [0.3, 0.4) is 0 Å². The summed E-state index contributed by atoms with van der Waals surface area (Å²) in [5.41, 5.74) is 0. The van der Waals surface area contributed by atoms with Crippen LogP contribution in [0.4, 0.5) is 0 Å². The van der Waals surface area contributed by atoms with Gasteiger partial charge in [-0.1, -0.05) is 0 Å². The normalized spacial score (nSPS) is 21.9. The number of amides is 1. The minimum absolute atomic E-state index is 0.0682. The van der Waals surface area contributed by atoms with Crippen molar-refractivity contribution in [2.75, 3.05) is 6.54 Å². The average molecular weight is 272 g/mol. The van der Waals surface area contributed by atoms with Gasteiger partial charge in [0.2, 0.25) is 0 Å². The Bertz CT molecular complexity index is 642. The van der Waals surface area contributed by atoms with Gasteiger partial charge in [0, 0.05) is 24.9 Å². The molecule has 104 valence electrons. The first-order chi connectivity index (χ1) is 9.74. The largest absolute Gasteiger partial charge is 0.341 e. The van der Waals surface area contributed by atoms with E-state index in [2.05, 4.69) is 20.1 Å². The highest BCUT2D eigenvalue weighted by molar-refractivity contribution is 5.90. The summed E-state index contributed by atoms with van der Waals surface area (Å²) in [6, 6.07) is -0.0682. The van der Waals surface area contributed by atoms with E-state index in [9.17, 15) is 4.79 Å². The van der Waals surface area contributed by atoms with Gasteiger partial charge in [0.05, 0.1) is 12.6 Å². The van der Waals surface area contributed by atoms with Gasteiger partial charge in [-0.15, -0.1) is 0 Å². The van der Waals surface area contributed by atoms with Gasteiger partial charge in [-0.2, -0.15) is 5.10 Å². The van der Waals surface area contributed by atoms with Crippen LogP contribution in [-0.2, 0) is 6.54 Å². The number of hydrogen-bond donors (Lipinski definition) is 1. The van der Waals surface area contributed by atoms with Gasteiger partial charge in [-0.3, -0.25) is 4.79 Å². The molecule has 7 nitrogen and oxygen atoms in total. The summed E-state index contributed by atoms with van der Waals surface area (Å²) in [4.78, 5) is 25.8. The van der Waals surface area contributed by atoms with Crippen LogP contribution < -0.4 is 0 Å². The van der Waals surface area contributed by atoms with Crippen LogP contribution in [0.15, 0.2) is 12.4 Å². The predicted octanol–water partition coefficient (Wildman–Crippen LogP) is 1.10. The smallest absolute Gasteiger partial charge is 0.290 e. The molecule has 1 atom stereocenters. The molecule has 0 radical (unpaired) electrons. The lowest BCUT2D eigenvalue weighted by molar-refractivity contribution is 0.0619. The third-order valence-electron chi connectivity index (χ3n) is 4.01. The fourth-order valence-electron chi connectivity index (χ4n) is 2.69. The number of fused-ring (bicyclic) bond motifs is 1. The second-order valence-corrected chi connectivity index (χ2v) is 5.44. The van der Waals surface area contributed by atoms with E-state index in [0.717, 1.165) is 11.6 Å². The minimum Gasteiger partial charge on any atom is -0.341 e. The van der Waals surface area contributed by atoms with Crippen LogP contribution in [0, 0.1) is 0 Å². The molecular formula is C13H16N6O. The zero-order valence-corrected chi connectivity index (χ0v) is 11.3. The van der Waals surface area contributed by atoms with Gasteiger partial charge < -0.3 is 9.88 Å². The number of carbonyl (C=O) groups excluding carboxylic acids is 1. The summed E-state index contributed by atoms with van der Waals surface area (Å²) >= 11 is 0. The summed E-state index contributed by atoms with van der Waals surface area (Å²) in [6.07, 6.45) is 5.63. The van der Waals surface area contributed by atoms with E-state index in [-0.39, 0.29) is 11.9 Å². The molecule has 3 heterocycles. The summed E-state index contributed by atoms with van der Waals surface area (Å²) in [6.45, 7) is 3.34. The van der Waals surface area contributed by atoms with Gasteiger partial charge in [-0.05, 0) is 19.8 Å².